The average molecular weight is 509 g/mol. The van der Waals surface area contributed by atoms with E-state index in [0.717, 1.165) is 32.5 Å². The van der Waals surface area contributed by atoms with E-state index in [1.165, 1.54) is 0 Å². The highest BCUT2D eigenvalue weighted by Crippen LogP contribution is 2.38. The average Bonchev–Trinajstić information content (AvgIpc) is 3.12. The minimum Gasteiger partial charge on any atom is -0.497 e. The van der Waals surface area contributed by atoms with Gasteiger partial charge in [0.2, 0.25) is 5.78 Å². The molecule has 0 spiro atoms. The molecule has 2 aliphatic heterocycles. The summed E-state index contributed by atoms with van der Waals surface area (Å²) in [7, 11) is 1.61. The number of rotatable bonds is 5. The van der Waals surface area contributed by atoms with Crippen LogP contribution in [-0.4, -0.2) is 19.7 Å². The van der Waals surface area contributed by atoms with E-state index < -0.39 is 0 Å². The van der Waals surface area contributed by atoms with Crippen molar-refractivity contribution in [2.24, 2.45) is 0 Å². The van der Waals surface area contributed by atoms with Gasteiger partial charge in [-0.15, -0.1) is 0 Å². The first-order chi connectivity index (χ1) is 16.0. The molecule has 0 fully saturated rings. The maximum Gasteiger partial charge on any atom is 0.232 e. The quantitative estimate of drug-likeness (QED) is 0.404. The largest absolute Gasteiger partial charge is 0.497 e. The fourth-order valence-corrected chi connectivity index (χ4v) is 4.52. The number of fused-ring (bicyclic) bond motifs is 2. The summed E-state index contributed by atoms with van der Waals surface area (Å²) >= 11 is 3.53. The first-order valence-corrected chi connectivity index (χ1v) is 11.2. The number of methoxy groups -OCH3 is 1. The lowest BCUT2D eigenvalue weighted by Gasteiger charge is -2.21. The molecule has 0 bridgehead atoms. The summed E-state index contributed by atoms with van der Waals surface area (Å²) in [5, 5.41) is 0. The molecule has 2 heterocycles. The second-order valence-corrected chi connectivity index (χ2v) is 8.70. The van der Waals surface area contributed by atoms with E-state index >= 15 is 0 Å². The number of hydrogen-bond donors (Lipinski definition) is 0. The highest BCUT2D eigenvalue weighted by atomic mass is 79.9. The zero-order chi connectivity index (χ0) is 22.9. The Kier molecular flexibility index (Phi) is 5.83. The van der Waals surface area contributed by atoms with Crippen molar-refractivity contribution in [1.29, 1.82) is 0 Å². The molecular formula is C26H21BrO6. The number of allylic oxidation sites excluding steroid dienone is 1. The van der Waals surface area contributed by atoms with E-state index in [1.807, 2.05) is 49.4 Å². The molecule has 168 valence electrons. The lowest BCUT2D eigenvalue weighted by Crippen LogP contribution is -2.14. The van der Waals surface area contributed by atoms with Crippen molar-refractivity contribution >= 4 is 27.8 Å². The molecule has 33 heavy (non-hydrogen) atoms. The molecule has 0 radical (unpaired) electrons. The van der Waals surface area contributed by atoms with E-state index in [1.54, 1.807) is 19.3 Å². The number of aryl methyl sites for hydroxylation is 1. The Balaban J connectivity index is 1.38. The third-order valence-corrected chi connectivity index (χ3v) is 5.94. The van der Waals surface area contributed by atoms with E-state index in [9.17, 15) is 4.79 Å². The van der Waals surface area contributed by atoms with Crippen LogP contribution in [0.15, 0.2) is 58.8 Å². The number of ether oxygens (including phenoxy) is 5. The maximum absolute atomic E-state index is 13.0. The summed E-state index contributed by atoms with van der Waals surface area (Å²) in [4.78, 5) is 13.0. The zero-order valence-corrected chi connectivity index (χ0v) is 19.7. The number of carbonyl (C=O) groups is 1. The van der Waals surface area contributed by atoms with Gasteiger partial charge in [-0.25, -0.2) is 0 Å². The van der Waals surface area contributed by atoms with E-state index in [-0.39, 0.29) is 18.3 Å². The number of ketones is 1. The highest BCUT2D eigenvalue weighted by Gasteiger charge is 2.30. The fourth-order valence-electron chi connectivity index (χ4n) is 3.97. The van der Waals surface area contributed by atoms with Crippen LogP contribution in [0.25, 0.3) is 6.08 Å². The van der Waals surface area contributed by atoms with Gasteiger partial charge in [-0.05, 0) is 54.5 Å². The van der Waals surface area contributed by atoms with Gasteiger partial charge in [0.1, 0.15) is 29.6 Å². The summed E-state index contributed by atoms with van der Waals surface area (Å²) in [5.74, 6) is 2.73. The second-order valence-electron chi connectivity index (χ2n) is 7.78. The highest BCUT2D eigenvalue weighted by molar-refractivity contribution is 9.10. The molecular weight excluding hydrogens is 488 g/mol. The summed E-state index contributed by atoms with van der Waals surface area (Å²) in [6, 6.07) is 15.0. The van der Waals surface area contributed by atoms with Gasteiger partial charge < -0.3 is 23.7 Å². The van der Waals surface area contributed by atoms with Gasteiger partial charge in [0, 0.05) is 21.7 Å². The van der Waals surface area contributed by atoms with Crippen molar-refractivity contribution < 1.29 is 28.5 Å². The van der Waals surface area contributed by atoms with Crippen molar-refractivity contribution in [3.63, 3.8) is 0 Å². The van der Waals surface area contributed by atoms with Gasteiger partial charge >= 0.3 is 0 Å². The number of halogens is 1. The molecule has 7 heteroatoms. The zero-order valence-electron chi connectivity index (χ0n) is 18.1. The van der Waals surface area contributed by atoms with E-state index in [2.05, 4.69) is 15.9 Å². The van der Waals surface area contributed by atoms with Gasteiger partial charge in [-0.3, -0.25) is 4.79 Å². The predicted octanol–water partition coefficient (Wildman–Crippen LogP) is 5.83. The molecule has 2 aliphatic rings. The first kappa shape index (κ1) is 21.6. The second kappa shape index (κ2) is 8.92. The van der Waals surface area contributed by atoms with Crippen molar-refractivity contribution in [3.8, 4) is 23.0 Å². The SMILES string of the molecule is COc1cccc(/C=C2\Oc3cc(OCc4cc(Br)cc5c4OCOC5)cc(C)c3C2=O)c1. The predicted molar refractivity (Wildman–Crippen MR) is 126 cm³/mol. The molecule has 0 aliphatic carbocycles. The molecule has 0 amide bonds. The lowest BCUT2D eigenvalue weighted by molar-refractivity contribution is -0.0176. The van der Waals surface area contributed by atoms with Crippen molar-refractivity contribution in [3.05, 3.63) is 86.6 Å². The Morgan fingerprint density at radius 2 is 2.00 bits per heavy atom. The summed E-state index contributed by atoms with van der Waals surface area (Å²) in [5.41, 5.74) is 4.05. The maximum atomic E-state index is 13.0. The standard InChI is InChI=1S/C26H21BrO6/c1-15-6-21(31-13-18-10-19(27)9-17-12-30-14-32-26(17)18)11-22-24(15)25(28)23(33-22)8-16-4-3-5-20(7-16)29-2/h3-11H,12-14H2,1-2H3/b23-8-. The van der Waals surface area contributed by atoms with Crippen LogP contribution in [0.5, 0.6) is 23.0 Å². The van der Waals surface area contributed by atoms with Crippen LogP contribution in [0.4, 0.5) is 0 Å². The Labute approximate surface area is 199 Å². The van der Waals surface area contributed by atoms with Crippen LogP contribution in [-0.2, 0) is 18.0 Å². The molecule has 0 saturated carbocycles. The molecule has 6 nitrogen and oxygen atoms in total. The monoisotopic (exact) mass is 508 g/mol. The van der Waals surface area contributed by atoms with E-state index in [4.69, 9.17) is 23.7 Å². The molecule has 0 unspecified atom stereocenters. The van der Waals surface area contributed by atoms with Crippen LogP contribution in [0.1, 0.15) is 32.6 Å². The van der Waals surface area contributed by atoms with Crippen LogP contribution in [0, 0.1) is 6.92 Å². The molecule has 0 aromatic heterocycles. The van der Waals surface area contributed by atoms with Gasteiger partial charge in [0.25, 0.3) is 0 Å². The number of Topliss-reactive ketones (excluding diaryl/α,β-unsaturated/α-hetero) is 1. The van der Waals surface area contributed by atoms with Crippen LogP contribution < -0.4 is 18.9 Å². The fraction of sp³-hybridized carbons (Fsp3) is 0.192. The molecule has 0 atom stereocenters. The molecule has 3 aromatic rings. The molecule has 0 N–H and O–H groups in total. The Bertz CT molecular complexity index is 1280. The Morgan fingerprint density at radius 1 is 1.12 bits per heavy atom. The molecule has 3 aromatic carbocycles. The third kappa shape index (κ3) is 4.34. The van der Waals surface area contributed by atoms with E-state index in [0.29, 0.717) is 36.0 Å². The summed E-state index contributed by atoms with van der Waals surface area (Å²) in [6.07, 6.45) is 1.72. The first-order valence-electron chi connectivity index (χ1n) is 10.4. The van der Waals surface area contributed by atoms with Crippen LogP contribution in [0.2, 0.25) is 0 Å². The Morgan fingerprint density at radius 3 is 2.85 bits per heavy atom. The smallest absolute Gasteiger partial charge is 0.232 e. The summed E-state index contributed by atoms with van der Waals surface area (Å²) in [6.45, 7) is 2.90. The van der Waals surface area contributed by atoms with Gasteiger partial charge in [0.05, 0.1) is 19.3 Å². The summed E-state index contributed by atoms with van der Waals surface area (Å²) < 4.78 is 29.2. The molecule has 0 saturated heterocycles. The van der Waals surface area contributed by atoms with Gasteiger partial charge in [0.15, 0.2) is 12.6 Å². The lowest BCUT2D eigenvalue weighted by atomic mass is 10.0. The van der Waals surface area contributed by atoms with Crippen LogP contribution in [0.3, 0.4) is 0 Å². The minimum atomic E-state index is -0.147. The topological polar surface area (TPSA) is 63.2 Å². The number of hydrogen-bond acceptors (Lipinski definition) is 6. The normalized spacial score (nSPS) is 15.5. The minimum absolute atomic E-state index is 0.147. The molecule has 5 rings (SSSR count). The third-order valence-electron chi connectivity index (χ3n) is 5.48. The van der Waals surface area contributed by atoms with Crippen LogP contribution >= 0.6 is 15.9 Å². The van der Waals surface area contributed by atoms with Gasteiger partial charge in [-0.2, -0.15) is 0 Å². The number of carbonyl (C=O) groups excluding carboxylic acids is 1. The van der Waals surface area contributed by atoms with Crippen molar-refractivity contribution in [2.45, 2.75) is 20.1 Å². The van der Waals surface area contributed by atoms with Crippen molar-refractivity contribution in [1.82, 2.24) is 0 Å². The van der Waals surface area contributed by atoms with Gasteiger partial charge in [-0.1, -0.05) is 28.1 Å². The van der Waals surface area contributed by atoms with Crippen molar-refractivity contribution in [2.75, 3.05) is 13.9 Å². The Hall–Kier alpha value is -3.29. The number of benzene rings is 3.